The van der Waals surface area contributed by atoms with Crippen LogP contribution in [-0.4, -0.2) is 17.8 Å². The van der Waals surface area contributed by atoms with Gasteiger partial charge in [-0.15, -0.1) is 0 Å². The monoisotopic (exact) mass is 282 g/mol. The molecular weight excluding hydrogens is 275 g/mol. The number of imide groups is 2. The van der Waals surface area contributed by atoms with Crippen molar-refractivity contribution in [1.82, 2.24) is 5.32 Å². The number of anilines is 1. The van der Waals surface area contributed by atoms with E-state index in [9.17, 15) is 18.8 Å². The summed E-state index contributed by atoms with van der Waals surface area (Å²) in [6, 6.07) is 3.06. The lowest BCUT2D eigenvalue weighted by Crippen LogP contribution is -2.59. The summed E-state index contributed by atoms with van der Waals surface area (Å²) >= 11 is 5.63. The lowest BCUT2D eigenvalue weighted by atomic mass is 10.0. The molecule has 0 aromatic heterocycles. The highest BCUT2D eigenvalue weighted by atomic mass is 35.5. The molecule has 5 nitrogen and oxygen atoms in total. The third kappa shape index (κ3) is 1.56. The maximum Gasteiger partial charge on any atom is 0.335 e. The van der Waals surface area contributed by atoms with E-state index in [1.165, 1.54) is 18.2 Å². The van der Waals surface area contributed by atoms with Crippen LogP contribution in [0.5, 0.6) is 0 Å². The Bertz CT molecular complexity index is 627. The summed E-state index contributed by atoms with van der Waals surface area (Å²) in [5.74, 6) is -2.17. The number of nitrogens with one attached hydrogen (secondary N) is 1. The molecule has 0 unspecified atom stereocenters. The van der Waals surface area contributed by atoms with E-state index >= 15 is 0 Å². The largest absolute Gasteiger partial charge is 0.335 e. The molecule has 0 atom stereocenters. The van der Waals surface area contributed by atoms with Gasteiger partial charge in [-0.3, -0.25) is 14.9 Å². The Labute approximate surface area is 112 Å². The first kappa shape index (κ1) is 12.1. The Morgan fingerprint density at radius 1 is 1.26 bits per heavy atom. The van der Waals surface area contributed by atoms with E-state index < -0.39 is 29.1 Å². The van der Waals surface area contributed by atoms with Crippen LogP contribution in [0, 0.1) is 11.2 Å². The Kier molecular flexibility index (Phi) is 2.40. The average molecular weight is 283 g/mol. The first-order valence-corrected chi connectivity index (χ1v) is 5.99. The zero-order valence-electron chi connectivity index (χ0n) is 9.57. The Hall–Kier alpha value is -1.95. The minimum atomic E-state index is -1.21. The third-order valence-corrected chi connectivity index (χ3v) is 3.68. The number of rotatable bonds is 1. The molecule has 4 amide bonds. The Morgan fingerprint density at radius 2 is 1.95 bits per heavy atom. The zero-order valence-corrected chi connectivity index (χ0v) is 10.3. The van der Waals surface area contributed by atoms with E-state index in [-0.39, 0.29) is 10.7 Å². The number of benzene rings is 1. The van der Waals surface area contributed by atoms with Crippen LogP contribution in [0.2, 0.25) is 5.02 Å². The number of barbiturate groups is 1. The number of urea groups is 1. The molecule has 1 spiro atoms. The number of carbonyl (C=O) groups excluding carboxylic acids is 3. The van der Waals surface area contributed by atoms with Gasteiger partial charge in [-0.2, -0.15) is 0 Å². The molecule has 3 rings (SSSR count). The lowest BCUT2D eigenvalue weighted by Gasteiger charge is -2.30. The summed E-state index contributed by atoms with van der Waals surface area (Å²) < 4.78 is 13.9. The zero-order chi connectivity index (χ0) is 13.8. The number of hydrogen-bond donors (Lipinski definition) is 1. The van der Waals surface area contributed by atoms with Gasteiger partial charge in [0.25, 0.3) is 5.91 Å². The molecule has 1 aliphatic heterocycles. The van der Waals surface area contributed by atoms with E-state index in [1.807, 2.05) is 0 Å². The van der Waals surface area contributed by atoms with Crippen molar-refractivity contribution in [3.63, 3.8) is 0 Å². The molecule has 2 aliphatic rings. The molecule has 1 saturated carbocycles. The summed E-state index contributed by atoms with van der Waals surface area (Å²) in [4.78, 5) is 36.3. The van der Waals surface area contributed by atoms with Gasteiger partial charge in [-0.25, -0.2) is 14.1 Å². The molecule has 1 aliphatic carbocycles. The van der Waals surface area contributed by atoms with Crippen molar-refractivity contribution >= 4 is 35.1 Å². The van der Waals surface area contributed by atoms with Crippen molar-refractivity contribution in [3.05, 3.63) is 29.0 Å². The van der Waals surface area contributed by atoms with Crippen LogP contribution in [0.15, 0.2) is 18.2 Å². The molecule has 1 heterocycles. The second-order valence-electron chi connectivity index (χ2n) is 4.55. The number of amides is 4. The maximum atomic E-state index is 13.9. The molecule has 1 aromatic rings. The number of nitrogens with zero attached hydrogens (tertiary/aromatic N) is 1. The van der Waals surface area contributed by atoms with Crippen LogP contribution in [0.4, 0.5) is 14.9 Å². The molecular formula is C12H8ClFN2O3. The van der Waals surface area contributed by atoms with Crippen molar-refractivity contribution in [2.75, 3.05) is 4.90 Å². The normalized spacial score (nSPS) is 20.7. The van der Waals surface area contributed by atoms with Crippen LogP contribution < -0.4 is 10.2 Å². The minimum Gasteiger partial charge on any atom is -0.276 e. The van der Waals surface area contributed by atoms with Crippen LogP contribution in [0.3, 0.4) is 0 Å². The van der Waals surface area contributed by atoms with Gasteiger partial charge in [-0.1, -0.05) is 17.7 Å². The summed E-state index contributed by atoms with van der Waals surface area (Å²) in [6.45, 7) is 0. The van der Waals surface area contributed by atoms with Gasteiger partial charge in [0.1, 0.15) is 5.41 Å². The van der Waals surface area contributed by atoms with E-state index in [0.29, 0.717) is 17.7 Å². The SMILES string of the molecule is O=C1NC(=O)C2(CC2)C(=O)N1c1cccc(Cl)c1F. The molecule has 2 fully saturated rings. The molecule has 19 heavy (non-hydrogen) atoms. The fourth-order valence-corrected chi connectivity index (χ4v) is 2.30. The molecule has 0 bridgehead atoms. The topological polar surface area (TPSA) is 66.5 Å². The van der Waals surface area contributed by atoms with Gasteiger partial charge in [0.2, 0.25) is 5.91 Å². The molecule has 98 valence electrons. The van der Waals surface area contributed by atoms with Crippen LogP contribution in [0.1, 0.15) is 12.8 Å². The van der Waals surface area contributed by atoms with E-state index in [4.69, 9.17) is 11.6 Å². The quantitative estimate of drug-likeness (QED) is 0.799. The minimum absolute atomic E-state index is 0.195. The first-order chi connectivity index (χ1) is 8.97. The van der Waals surface area contributed by atoms with Gasteiger partial charge in [-0.05, 0) is 25.0 Å². The van der Waals surface area contributed by atoms with Crippen molar-refractivity contribution < 1.29 is 18.8 Å². The van der Waals surface area contributed by atoms with Crippen molar-refractivity contribution in [2.24, 2.45) is 5.41 Å². The van der Waals surface area contributed by atoms with Crippen molar-refractivity contribution in [3.8, 4) is 0 Å². The number of hydrogen-bond acceptors (Lipinski definition) is 3. The highest BCUT2D eigenvalue weighted by Gasteiger charge is 2.62. The molecule has 1 N–H and O–H groups in total. The van der Waals surface area contributed by atoms with Gasteiger partial charge in [0, 0.05) is 0 Å². The summed E-state index contributed by atoms with van der Waals surface area (Å²) in [7, 11) is 0. The second-order valence-corrected chi connectivity index (χ2v) is 4.96. The van der Waals surface area contributed by atoms with Crippen LogP contribution in [0.25, 0.3) is 0 Å². The van der Waals surface area contributed by atoms with Crippen LogP contribution >= 0.6 is 11.6 Å². The summed E-state index contributed by atoms with van der Waals surface area (Å²) in [6.07, 6.45) is 0.729. The number of carbonyl (C=O) groups is 3. The van der Waals surface area contributed by atoms with Gasteiger partial charge < -0.3 is 0 Å². The predicted molar refractivity (Wildman–Crippen MR) is 64.1 cm³/mol. The van der Waals surface area contributed by atoms with Crippen molar-refractivity contribution in [1.29, 1.82) is 0 Å². The molecule has 1 saturated heterocycles. The van der Waals surface area contributed by atoms with Gasteiger partial charge >= 0.3 is 6.03 Å². The van der Waals surface area contributed by atoms with E-state index in [2.05, 4.69) is 5.32 Å². The average Bonchev–Trinajstić information content (AvgIpc) is 3.14. The lowest BCUT2D eigenvalue weighted by molar-refractivity contribution is -0.136. The standard InChI is InChI=1S/C12H8ClFN2O3/c13-6-2-1-3-7(8(6)14)16-10(18)12(4-5-12)9(17)15-11(16)19/h1-3H,4-5H2,(H,15,17,19). The number of halogens is 2. The Balaban J connectivity index is 2.09. The van der Waals surface area contributed by atoms with E-state index in [1.54, 1.807) is 0 Å². The maximum absolute atomic E-state index is 13.9. The Morgan fingerprint density at radius 3 is 2.58 bits per heavy atom. The van der Waals surface area contributed by atoms with E-state index in [0.717, 1.165) is 0 Å². The first-order valence-electron chi connectivity index (χ1n) is 5.61. The van der Waals surface area contributed by atoms with Crippen LogP contribution in [-0.2, 0) is 9.59 Å². The highest BCUT2D eigenvalue weighted by molar-refractivity contribution is 6.33. The highest BCUT2D eigenvalue weighted by Crippen LogP contribution is 2.50. The predicted octanol–water partition coefficient (Wildman–Crippen LogP) is 1.84. The third-order valence-electron chi connectivity index (χ3n) is 3.39. The second kappa shape index (κ2) is 3.77. The van der Waals surface area contributed by atoms with Crippen molar-refractivity contribution in [2.45, 2.75) is 12.8 Å². The van der Waals surface area contributed by atoms with Gasteiger partial charge in [0.05, 0.1) is 10.7 Å². The summed E-state index contributed by atoms with van der Waals surface area (Å²) in [5.41, 5.74) is -1.45. The smallest absolute Gasteiger partial charge is 0.276 e. The summed E-state index contributed by atoms with van der Waals surface area (Å²) in [5, 5.41) is 1.88. The molecule has 0 radical (unpaired) electrons. The molecule has 7 heteroatoms. The fourth-order valence-electron chi connectivity index (χ4n) is 2.13. The van der Waals surface area contributed by atoms with Gasteiger partial charge in [0.15, 0.2) is 5.82 Å². The molecule has 1 aromatic carbocycles. The fraction of sp³-hybridized carbons (Fsp3) is 0.250.